The van der Waals surface area contributed by atoms with E-state index in [1.807, 2.05) is 0 Å². The van der Waals surface area contributed by atoms with E-state index in [2.05, 4.69) is 4.72 Å². The zero-order chi connectivity index (χ0) is 17.3. The number of hydrogen-bond donors (Lipinski definition) is 1. The van der Waals surface area contributed by atoms with E-state index in [1.54, 1.807) is 25.1 Å². The molecule has 2 aromatic carbocycles. The van der Waals surface area contributed by atoms with Gasteiger partial charge in [-0.25, -0.2) is 21.9 Å². The van der Waals surface area contributed by atoms with E-state index in [0.717, 1.165) is 12.1 Å². The van der Waals surface area contributed by atoms with Crippen molar-refractivity contribution in [2.45, 2.75) is 17.9 Å². The minimum Gasteiger partial charge on any atom is -0.486 e. The lowest BCUT2D eigenvalue weighted by Crippen LogP contribution is -2.27. The molecule has 1 aliphatic heterocycles. The van der Waals surface area contributed by atoms with Crippen LogP contribution in [-0.2, 0) is 10.0 Å². The average Bonchev–Trinajstić information content (AvgIpc) is 2.53. The Hall–Kier alpha value is -2.19. The van der Waals surface area contributed by atoms with Crippen LogP contribution in [0.3, 0.4) is 0 Å². The largest absolute Gasteiger partial charge is 0.486 e. The van der Waals surface area contributed by atoms with E-state index < -0.39 is 32.6 Å². The summed E-state index contributed by atoms with van der Waals surface area (Å²) in [7, 11) is -4.08. The van der Waals surface area contributed by atoms with Gasteiger partial charge in [-0.3, -0.25) is 0 Å². The number of halogens is 2. The number of sulfonamides is 1. The Morgan fingerprint density at radius 3 is 2.29 bits per heavy atom. The Morgan fingerprint density at radius 2 is 1.62 bits per heavy atom. The molecule has 1 N–H and O–H groups in total. The van der Waals surface area contributed by atoms with Crippen molar-refractivity contribution in [2.24, 2.45) is 0 Å². The lowest BCUT2D eigenvalue weighted by Gasteiger charge is -2.21. The van der Waals surface area contributed by atoms with Crippen molar-refractivity contribution in [3.63, 3.8) is 0 Å². The van der Waals surface area contributed by atoms with Crippen molar-refractivity contribution in [3.05, 3.63) is 53.6 Å². The summed E-state index contributed by atoms with van der Waals surface area (Å²) in [5, 5.41) is 0. The summed E-state index contributed by atoms with van der Waals surface area (Å²) in [4.78, 5) is -0.468. The molecule has 0 radical (unpaired) electrons. The maximum absolute atomic E-state index is 13.2. The minimum absolute atomic E-state index is 0.416. The Balaban J connectivity index is 1.84. The second-order valence-electron chi connectivity index (χ2n) is 5.35. The van der Waals surface area contributed by atoms with Gasteiger partial charge in [0.1, 0.15) is 24.8 Å². The zero-order valence-electron chi connectivity index (χ0n) is 12.8. The first-order chi connectivity index (χ1) is 11.3. The Morgan fingerprint density at radius 1 is 1.00 bits per heavy atom. The maximum Gasteiger partial charge on any atom is 0.241 e. The van der Waals surface area contributed by atoms with Gasteiger partial charge in [0.15, 0.2) is 11.5 Å². The molecule has 0 spiro atoms. The molecular weight excluding hydrogens is 340 g/mol. The van der Waals surface area contributed by atoms with Gasteiger partial charge in [0.05, 0.1) is 4.90 Å². The molecule has 5 nitrogen and oxygen atoms in total. The van der Waals surface area contributed by atoms with Gasteiger partial charge in [-0.05, 0) is 36.8 Å². The summed E-state index contributed by atoms with van der Waals surface area (Å²) in [6.07, 6.45) is 0. The smallest absolute Gasteiger partial charge is 0.241 e. The van der Waals surface area contributed by atoms with Crippen molar-refractivity contribution in [2.75, 3.05) is 13.2 Å². The normalized spacial score (nSPS) is 15.1. The molecule has 8 heteroatoms. The third-order valence-corrected chi connectivity index (χ3v) is 5.06. The second kappa shape index (κ2) is 6.37. The van der Waals surface area contributed by atoms with Crippen LogP contribution in [0.5, 0.6) is 11.5 Å². The van der Waals surface area contributed by atoms with E-state index in [9.17, 15) is 17.2 Å². The number of fused-ring (bicyclic) bond motifs is 1. The van der Waals surface area contributed by atoms with Crippen LogP contribution in [0, 0.1) is 11.6 Å². The Bertz CT molecular complexity index is 850. The summed E-state index contributed by atoms with van der Waals surface area (Å²) in [5.41, 5.74) is 0.639. The lowest BCUT2D eigenvalue weighted by atomic mass is 10.1. The predicted octanol–water partition coefficient (Wildman–Crippen LogP) is 2.78. The molecular formula is C16H15F2NO4S. The van der Waals surface area contributed by atoms with E-state index in [-0.39, 0.29) is 0 Å². The molecule has 0 aromatic heterocycles. The highest BCUT2D eigenvalue weighted by Crippen LogP contribution is 2.33. The molecule has 1 atom stereocenters. The molecule has 3 rings (SSSR count). The molecule has 0 amide bonds. The van der Waals surface area contributed by atoms with Crippen molar-refractivity contribution < 1.29 is 26.7 Å². The topological polar surface area (TPSA) is 64.6 Å². The molecule has 0 saturated heterocycles. The molecule has 1 heterocycles. The van der Waals surface area contributed by atoms with Crippen LogP contribution in [0.2, 0.25) is 0 Å². The summed E-state index contributed by atoms with van der Waals surface area (Å²) < 4.78 is 64.4. The van der Waals surface area contributed by atoms with Crippen LogP contribution in [0.1, 0.15) is 18.5 Å². The van der Waals surface area contributed by atoms with E-state index in [0.29, 0.717) is 36.3 Å². The summed E-state index contributed by atoms with van der Waals surface area (Å²) in [5.74, 6) is -0.793. The SMILES string of the molecule is CC(NS(=O)(=O)c1cc(F)cc(F)c1)c1ccc2c(c1)OCCO2. The summed E-state index contributed by atoms with van der Waals surface area (Å²) in [6, 6.07) is 6.58. The predicted molar refractivity (Wildman–Crippen MR) is 82.5 cm³/mol. The fraction of sp³-hybridized carbons (Fsp3) is 0.250. The molecule has 24 heavy (non-hydrogen) atoms. The number of rotatable bonds is 4. The van der Waals surface area contributed by atoms with Crippen molar-refractivity contribution >= 4 is 10.0 Å². The van der Waals surface area contributed by atoms with Crippen LogP contribution in [0.4, 0.5) is 8.78 Å². The number of ether oxygens (including phenoxy) is 2. The van der Waals surface area contributed by atoms with Gasteiger partial charge < -0.3 is 9.47 Å². The first kappa shape index (κ1) is 16.7. The van der Waals surface area contributed by atoms with Crippen molar-refractivity contribution in [3.8, 4) is 11.5 Å². The summed E-state index contributed by atoms with van der Waals surface area (Å²) >= 11 is 0. The minimum atomic E-state index is -4.08. The van der Waals surface area contributed by atoms with Crippen LogP contribution in [0.15, 0.2) is 41.3 Å². The third-order valence-electron chi connectivity index (χ3n) is 3.54. The van der Waals surface area contributed by atoms with E-state index in [4.69, 9.17) is 9.47 Å². The number of benzene rings is 2. The monoisotopic (exact) mass is 355 g/mol. The first-order valence-corrected chi connectivity index (χ1v) is 8.71. The quantitative estimate of drug-likeness (QED) is 0.916. The first-order valence-electron chi connectivity index (χ1n) is 7.23. The number of nitrogens with one attached hydrogen (secondary N) is 1. The molecule has 128 valence electrons. The average molecular weight is 355 g/mol. The highest BCUT2D eigenvalue weighted by molar-refractivity contribution is 7.89. The summed E-state index contributed by atoms with van der Waals surface area (Å²) in [6.45, 7) is 2.50. The van der Waals surface area contributed by atoms with Gasteiger partial charge in [-0.2, -0.15) is 0 Å². The van der Waals surface area contributed by atoms with Gasteiger partial charge >= 0.3 is 0 Å². The zero-order valence-corrected chi connectivity index (χ0v) is 13.6. The Labute approximate surface area is 138 Å². The van der Waals surface area contributed by atoms with Crippen molar-refractivity contribution in [1.29, 1.82) is 0 Å². The molecule has 1 unspecified atom stereocenters. The van der Waals surface area contributed by atoms with Crippen LogP contribution >= 0.6 is 0 Å². The van der Waals surface area contributed by atoms with Gasteiger partial charge in [0.2, 0.25) is 10.0 Å². The van der Waals surface area contributed by atoms with Crippen LogP contribution in [-0.4, -0.2) is 21.6 Å². The fourth-order valence-electron chi connectivity index (χ4n) is 2.38. The lowest BCUT2D eigenvalue weighted by molar-refractivity contribution is 0.171. The molecule has 2 aromatic rings. The highest BCUT2D eigenvalue weighted by atomic mass is 32.2. The maximum atomic E-state index is 13.2. The number of hydrogen-bond acceptors (Lipinski definition) is 4. The second-order valence-corrected chi connectivity index (χ2v) is 7.07. The fourth-order valence-corrected chi connectivity index (χ4v) is 3.65. The molecule has 0 aliphatic carbocycles. The van der Waals surface area contributed by atoms with Crippen LogP contribution < -0.4 is 14.2 Å². The van der Waals surface area contributed by atoms with Crippen LogP contribution in [0.25, 0.3) is 0 Å². The highest BCUT2D eigenvalue weighted by Gasteiger charge is 2.21. The van der Waals surface area contributed by atoms with E-state index >= 15 is 0 Å². The van der Waals surface area contributed by atoms with E-state index in [1.165, 1.54) is 0 Å². The van der Waals surface area contributed by atoms with Gasteiger partial charge in [-0.15, -0.1) is 0 Å². The molecule has 0 fully saturated rings. The van der Waals surface area contributed by atoms with Crippen molar-refractivity contribution in [1.82, 2.24) is 4.72 Å². The van der Waals surface area contributed by atoms with Gasteiger partial charge in [0, 0.05) is 12.1 Å². The van der Waals surface area contributed by atoms with Gasteiger partial charge in [-0.1, -0.05) is 6.07 Å². The Kier molecular flexibility index (Phi) is 4.42. The molecule has 1 aliphatic rings. The van der Waals surface area contributed by atoms with Gasteiger partial charge in [0.25, 0.3) is 0 Å². The molecule has 0 bridgehead atoms. The third kappa shape index (κ3) is 3.49. The standard InChI is InChI=1S/C16H15F2NO4S/c1-10(11-2-3-15-16(6-11)23-5-4-22-15)19-24(20,21)14-8-12(17)7-13(18)9-14/h2-3,6-10,19H,4-5H2,1H3. The molecule has 0 saturated carbocycles.